The summed E-state index contributed by atoms with van der Waals surface area (Å²) >= 11 is 0. The molecule has 2 N–H and O–H groups in total. The van der Waals surface area contributed by atoms with Crippen molar-refractivity contribution in [1.82, 2.24) is 5.32 Å². The molecule has 0 aliphatic carbocycles. The van der Waals surface area contributed by atoms with Crippen molar-refractivity contribution in [1.29, 1.82) is 0 Å². The Morgan fingerprint density at radius 1 is 1.45 bits per heavy atom. The number of hydrogen-bond donors (Lipinski definition) is 2. The van der Waals surface area contributed by atoms with Crippen molar-refractivity contribution in [3.8, 4) is 0 Å². The lowest BCUT2D eigenvalue weighted by atomic mass is 10.00. The number of aliphatic carboxylic acids is 1. The van der Waals surface area contributed by atoms with Gasteiger partial charge >= 0.3 is 5.97 Å². The molecule has 1 aromatic carbocycles. The summed E-state index contributed by atoms with van der Waals surface area (Å²) in [6.07, 6.45) is 1.66. The highest BCUT2D eigenvalue weighted by atomic mass is 32.2. The molecule has 0 bridgehead atoms. The third-order valence-electron chi connectivity index (χ3n) is 3.61. The average Bonchev–Trinajstić information content (AvgIpc) is 2.86. The van der Waals surface area contributed by atoms with Crippen LogP contribution >= 0.6 is 0 Å². The highest BCUT2D eigenvalue weighted by molar-refractivity contribution is 7.92. The van der Waals surface area contributed by atoms with Crippen LogP contribution in [0, 0.1) is 5.92 Å². The maximum atomic E-state index is 11.5. The van der Waals surface area contributed by atoms with Gasteiger partial charge in [-0.25, -0.2) is 8.42 Å². The SMILES string of the molecule is CN(c1cccc(C2CC(C(=O)O)CN2)c1)S(C)(=O)=O. The van der Waals surface area contributed by atoms with E-state index in [9.17, 15) is 13.2 Å². The number of carboxylic acid groups (broad SMARTS) is 1. The van der Waals surface area contributed by atoms with Crippen LogP contribution in [0.25, 0.3) is 0 Å². The first-order chi connectivity index (χ1) is 9.29. The zero-order valence-corrected chi connectivity index (χ0v) is 12.2. The number of hydrogen-bond acceptors (Lipinski definition) is 4. The molecule has 2 unspecified atom stereocenters. The molecule has 7 heteroatoms. The smallest absolute Gasteiger partial charge is 0.307 e. The number of carboxylic acids is 1. The Balaban J connectivity index is 2.21. The monoisotopic (exact) mass is 298 g/mol. The van der Waals surface area contributed by atoms with Crippen molar-refractivity contribution in [2.45, 2.75) is 12.5 Å². The lowest BCUT2D eigenvalue weighted by Gasteiger charge is -2.19. The van der Waals surface area contributed by atoms with Gasteiger partial charge in [-0.3, -0.25) is 9.10 Å². The molecule has 110 valence electrons. The van der Waals surface area contributed by atoms with E-state index in [2.05, 4.69) is 5.32 Å². The summed E-state index contributed by atoms with van der Waals surface area (Å²) in [7, 11) is -1.80. The predicted molar refractivity (Wildman–Crippen MR) is 76.2 cm³/mol. The normalized spacial score (nSPS) is 22.7. The first-order valence-corrected chi connectivity index (χ1v) is 8.14. The molecule has 0 amide bonds. The molecule has 1 heterocycles. The quantitative estimate of drug-likeness (QED) is 0.859. The Hall–Kier alpha value is -1.60. The third kappa shape index (κ3) is 3.10. The van der Waals surface area contributed by atoms with Gasteiger partial charge in [0, 0.05) is 19.6 Å². The lowest BCUT2D eigenvalue weighted by Crippen LogP contribution is -2.25. The van der Waals surface area contributed by atoms with Crippen LogP contribution in [0.15, 0.2) is 24.3 Å². The summed E-state index contributed by atoms with van der Waals surface area (Å²) in [6, 6.07) is 7.10. The summed E-state index contributed by atoms with van der Waals surface area (Å²) in [5.74, 6) is -1.19. The van der Waals surface area contributed by atoms with E-state index in [0.717, 1.165) is 11.8 Å². The number of sulfonamides is 1. The summed E-state index contributed by atoms with van der Waals surface area (Å²) in [6.45, 7) is 0.437. The van der Waals surface area contributed by atoms with Gasteiger partial charge in [-0.2, -0.15) is 0 Å². The Labute approximate surface area is 118 Å². The van der Waals surface area contributed by atoms with E-state index in [1.54, 1.807) is 18.2 Å². The molecule has 1 aliphatic heterocycles. The number of nitrogens with zero attached hydrogens (tertiary/aromatic N) is 1. The molecule has 1 aromatic rings. The summed E-state index contributed by atoms with van der Waals surface area (Å²) in [5.41, 5.74) is 1.48. The number of carbonyl (C=O) groups is 1. The molecule has 0 aromatic heterocycles. The topological polar surface area (TPSA) is 86.7 Å². The molecule has 1 saturated heterocycles. The molecule has 2 atom stereocenters. The van der Waals surface area contributed by atoms with E-state index >= 15 is 0 Å². The molecule has 1 fully saturated rings. The molecule has 0 saturated carbocycles. The molecule has 20 heavy (non-hydrogen) atoms. The van der Waals surface area contributed by atoms with Gasteiger partial charge in [-0.05, 0) is 24.1 Å². The van der Waals surface area contributed by atoms with Gasteiger partial charge in [0.25, 0.3) is 0 Å². The molecule has 1 aliphatic rings. The number of anilines is 1. The van der Waals surface area contributed by atoms with Crippen molar-refractivity contribution >= 4 is 21.7 Å². The Morgan fingerprint density at radius 2 is 2.15 bits per heavy atom. The second-order valence-electron chi connectivity index (χ2n) is 5.06. The van der Waals surface area contributed by atoms with Gasteiger partial charge < -0.3 is 10.4 Å². The summed E-state index contributed by atoms with van der Waals surface area (Å²) in [4.78, 5) is 11.0. The van der Waals surface area contributed by atoms with Crippen molar-refractivity contribution in [2.24, 2.45) is 5.92 Å². The molecule has 6 nitrogen and oxygen atoms in total. The molecule has 2 rings (SSSR count). The summed E-state index contributed by atoms with van der Waals surface area (Å²) < 4.78 is 24.3. The predicted octanol–water partition coefficient (Wildman–Crippen LogP) is 0.818. The Morgan fingerprint density at radius 3 is 2.70 bits per heavy atom. The van der Waals surface area contributed by atoms with E-state index in [1.807, 2.05) is 6.07 Å². The second-order valence-corrected chi connectivity index (χ2v) is 7.07. The number of benzene rings is 1. The van der Waals surface area contributed by atoms with Crippen LogP contribution in [0.2, 0.25) is 0 Å². The maximum absolute atomic E-state index is 11.5. The van der Waals surface area contributed by atoms with Crippen LogP contribution in [-0.2, 0) is 14.8 Å². The van der Waals surface area contributed by atoms with Crippen LogP contribution in [0.3, 0.4) is 0 Å². The second kappa shape index (κ2) is 5.41. The van der Waals surface area contributed by atoms with Crippen molar-refractivity contribution in [3.05, 3.63) is 29.8 Å². The third-order valence-corrected chi connectivity index (χ3v) is 4.82. The van der Waals surface area contributed by atoms with Gasteiger partial charge in [0.1, 0.15) is 0 Å². The Bertz CT molecular complexity index is 615. The largest absolute Gasteiger partial charge is 0.481 e. The van der Waals surface area contributed by atoms with Gasteiger partial charge in [-0.1, -0.05) is 12.1 Å². The first kappa shape index (κ1) is 14.8. The molecular formula is C13H18N2O4S. The zero-order valence-electron chi connectivity index (χ0n) is 11.4. The molecule has 0 spiro atoms. The fraction of sp³-hybridized carbons (Fsp3) is 0.462. The minimum Gasteiger partial charge on any atom is -0.481 e. The van der Waals surface area contributed by atoms with E-state index in [1.165, 1.54) is 11.4 Å². The highest BCUT2D eigenvalue weighted by Gasteiger charge is 2.30. The molecule has 0 radical (unpaired) electrons. The number of rotatable bonds is 4. The molecular weight excluding hydrogens is 280 g/mol. The fourth-order valence-corrected chi connectivity index (χ4v) is 2.80. The first-order valence-electron chi connectivity index (χ1n) is 6.29. The van der Waals surface area contributed by atoms with Crippen molar-refractivity contribution in [3.63, 3.8) is 0 Å². The van der Waals surface area contributed by atoms with Gasteiger partial charge in [0.2, 0.25) is 10.0 Å². The number of nitrogens with one attached hydrogen (secondary N) is 1. The zero-order chi connectivity index (χ0) is 14.9. The van der Waals surface area contributed by atoms with Crippen molar-refractivity contribution < 1.29 is 18.3 Å². The van der Waals surface area contributed by atoms with Crippen molar-refractivity contribution in [2.75, 3.05) is 24.2 Å². The van der Waals surface area contributed by atoms with Crippen LogP contribution in [0.5, 0.6) is 0 Å². The highest BCUT2D eigenvalue weighted by Crippen LogP contribution is 2.29. The van der Waals surface area contributed by atoms with E-state index < -0.39 is 21.9 Å². The lowest BCUT2D eigenvalue weighted by molar-refractivity contribution is -0.141. The summed E-state index contributed by atoms with van der Waals surface area (Å²) in [5, 5.41) is 12.2. The van der Waals surface area contributed by atoms with Crippen LogP contribution in [0.1, 0.15) is 18.0 Å². The van der Waals surface area contributed by atoms with Gasteiger partial charge in [0.15, 0.2) is 0 Å². The minimum absolute atomic E-state index is 0.0518. The van der Waals surface area contributed by atoms with E-state index in [4.69, 9.17) is 5.11 Å². The average molecular weight is 298 g/mol. The van der Waals surface area contributed by atoms with E-state index in [0.29, 0.717) is 18.7 Å². The Kier molecular flexibility index (Phi) is 4.01. The van der Waals surface area contributed by atoms with E-state index in [-0.39, 0.29) is 6.04 Å². The minimum atomic E-state index is -3.30. The van der Waals surface area contributed by atoms with Gasteiger partial charge in [0.05, 0.1) is 17.9 Å². The van der Waals surface area contributed by atoms with Crippen LogP contribution in [0.4, 0.5) is 5.69 Å². The fourth-order valence-electron chi connectivity index (χ4n) is 2.31. The van der Waals surface area contributed by atoms with Crippen LogP contribution in [-0.4, -0.2) is 39.3 Å². The maximum Gasteiger partial charge on any atom is 0.307 e. The standard InChI is InChI=1S/C13H18N2O4S/c1-15(20(2,18)19)11-5-3-4-9(6-11)12-7-10(8-14-12)13(16)17/h3-6,10,12,14H,7-8H2,1-2H3,(H,16,17). The van der Waals surface area contributed by atoms with Gasteiger partial charge in [-0.15, -0.1) is 0 Å². The van der Waals surface area contributed by atoms with Crippen LogP contribution < -0.4 is 9.62 Å².